The summed E-state index contributed by atoms with van der Waals surface area (Å²) in [5, 5.41) is 12.3. The highest BCUT2D eigenvalue weighted by Crippen LogP contribution is 2.13. The van der Waals surface area contributed by atoms with Gasteiger partial charge >= 0.3 is 0 Å². The molecule has 0 aliphatic heterocycles. The summed E-state index contributed by atoms with van der Waals surface area (Å²) in [7, 11) is 0. The minimum atomic E-state index is 0.232. The molecule has 3 rings (SSSR count). The van der Waals surface area contributed by atoms with Crippen LogP contribution in [-0.2, 0) is 0 Å². The molecule has 0 spiro atoms. The minimum absolute atomic E-state index is 0.232. The van der Waals surface area contributed by atoms with E-state index < -0.39 is 0 Å². The molecule has 2 aromatic heterocycles. The van der Waals surface area contributed by atoms with Crippen molar-refractivity contribution in [3.63, 3.8) is 0 Å². The number of pyridine rings is 1. The summed E-state index contributed by atoms with van der Waals surface area (Å²) in [5.74, 6) is 1.05. The third-order valence-electron chi connectivity index (χ3n) is 2.64. The van der Waals surface area contributed by atoms with Crippen LogP contribution < -0.4 is 5.73 Å². The number of benzene rings is 1. The maximum absolute atomic E-state index is 5.56. The average molecular weight is 282 g/mol. The first-order valence-electron chi connectivity index (χ1n) is 5.87. The van der Waals surface area contributed by atoms with Crippen molar-refractivity contribution < 1.29 is 0 Å². The summed E-state index contributed by atoms with van der Waals surface area (Å²) in [5.41, 5.74) is 6.98. The lowest BCUT2D eigenvalue weighted by molar-refractivity contribution is 0.700. The zero-order valence-electron chi connectivity index (χ0n) is 10.3. The van der Waals surface area contributed by atoms with Crippen LogP contribution in [-0.4, -0.2) is 30.2 Å². The predicted molar refractivity (Wildman–Crippen MR) is 78.3 cm³/mol. The molecule has 98 valence electrons. The van der Waals surface area contributed by atoms with Gasteiger partial charge in [-0.25, -0.2) is 4.98 Å². The molecule has 6 nitrogen and oxygen atoms in total. The highest BCUT2D eigenvalue weighted by atomic mass is 32.1. The fourth-order valence-electron chi connectivity index (χ4n) is 1.69. The van der Waals surface area contributed by atoms with Gasteiger partial charge in [-0.1, -0.05) is 48.6 Å². The highest BCUT2D eigenvalue weighted by molar-refractivity contribution is 7.80. The second kappa shape index (κ2) is 5.14. The fraction of sp³-hybridized carbons (Fsp3) is 0. The highest BCUT2D eigenvalue weighted by Gasteiger charge is 2.08. The molecule has 0 aliphatic rings. The molecule has 20 heavy (non-hydrogen) atoms. The first kappa shape index (κ1) is 12.4. The molecule has 0 unspecified atom stereocenters. The van der Waals surface area contributed by atoms with Gasteiger partial charge in [0.05, 0.1) is 5.69 Å². The van der Waals surface area contributed by atoms with Crippen molar-refractivity contribution >= 4 is 17.2 Å². The van der Waals surface area contributed by atoms with Gasteiger partial charge in [0.15, 0.2) is 5.82 Å². The number of aromatic nitrogens is 5. The lowest BCUT2D eigenvalue weighted by Crippen LogP contribution is -2.13. The van der Waals surface area contributed by atoms with Crippen LogP contribution in [0, 0.1) is 0 Å². The van der Waals surface area contributed by atoms with Crippen LogP contribution in [0.25, 0.3) is 17.2 Å². The summed E-state index contributed by atoms with van der Waals surface area (Å²) in [6.45, 7) is 0. The van der Waals surface area contributed by atoms with E-state index in [0.717, 1.165) is 5.56 Å². The number of hydrogen-bond donors (Lipinski definition) is 1. The van der Waals surface area contributed by atoms with Crippen molar-refractivity contribution in [2.24, 2.45) is 5.73 Å². The zero-order valence-corrected chi connectivity index (χ0v) is 11.2. The van der Waals surface area contributed by atoms with Gasteiger partial charge in [0.25, 0.3) is 0 Å². The number of nitrogens with zero attached hydrogens (tertiary/aromatic N) is 5. The molecule has 3 aromatic rings. The van der Waals surface area contributed by atoms with E-state index in [4.69, 9.17) is 18.0 Å². The SMILES string of the molecule is NC(=S)c1cccc(-n2nnc(-c3ccccc3)n2)n1. The van der Waals surface area contributed by atoms with E-state index in [0.29, 0.717) is 17.3 Å². The van der Waals surface area contributed by atoms with Gasteiger partial charge in [-0.3, -0.25) is 0 Å². The largest absolute Gasteiger partial charge is 0.388 e. The number of rotatable bonds is 3. The van der Waals surface area contributed by atoms with E-state index in [1.54, 1.807) is 18.2 Å². The molecule has 0 bridgehead atoms. The Morgan fingerprint density at radius 1 is 1.05 bits per heavy atom. The van der Waals surface area contributed by atoms with Gasteiger partial charge in [-0.2, -0.15) is 0 Å². The molecule has 0 aliphatic carbocycles. The van der Waals surface area contributed by atoms with Crippen molar-refractivity contribution in [2.75, 3.05) is 0 Å². The lowest BCUT2D eigenvalue weighted by atomic mass is 10.2. The topological polar surface area (TPSA) is 82.5 Å². The fourth-order valence-corrected chi connectivity index (χ4v) is 1.80. The van der Waals surface area contributed by atoms with Gasteiger partial charge in [0.2, 0.25) is 5.82 Å². The first-order chi connectivity index (χ1) is 9.74. The Balaban J connectivity index is 1.98. The quantitative estimate of drug-likeness (QED) is 0.730. The Labute approximate surface area is 120 Å². The average Bonchev–Trinajstić information content (AvgIpc) is 2.98. The van der Waals surface area contributed by atoms with Crippen LogP contribution in [0.3, 0.4) is 0 Å². The van der Waals surface area contributed by atoms with E-state index in [1.807, 2.05) is 30.3 Å². The summed E-state index contributed by atoms with van der Waals surface area (Å²) < 4.78 is 0. The third-order valence-corrected chi connectivity index (χ3v) is 2.85. The number of nitrogens with two attached hydrogens (primary N) is 1. The molecule has 0 saturated heterocycles. The normalized spacial score (nSPS) is 10.4. The van der Waals surface area contributed by atoms with Crippen molar-refractivity contribution in [1.82, 2.24) is 25.2 Å². The summed E-state index contributed by atoms with van der Waals surface area (Å²) in [6, 6.07) is 14.9. The third kappa shape index (κ3) is 2.39. The van der Waals surface area contributed by atoms with Crippen molar-refractivity contribution in [3.05, 3.63) is 54.2 Å². The molecule has 2 N–H and O–H groups in total. The maximum atomic E-state index is 5.56. The summed E-state index contributed by atoms with van der Waals surface area (Å²) in [6.07, 6.45) is 0. The van der Waals surface area contributed by atoms with Crippen LogP contribution in [0.4, 0.5) is 0 Å². The summed E-state index contributed by atoms with van der Waals surface area (Å²) in [4.78, 5) is 5.86. The Morgan fingerprint density at radius 3 is 2.60 bits per heavy atom. The smallest absolute Gasteiger partial charge is 0.205 e. The van der Waals surface area contributed by atoms with Gasteiger partial charge in [-0.15, -0.1) is 15.0 Å². The molecular weight excluding hydrogens is 272 g/mol. The lowest BCUT2D eigenvalue weighted by Gasteiger charge is -2.00. The zero-order chi connectivity index (χ0) is 13.9. The Morgan fingerprint density at radius 2 is 1.85 bits per heavy atom. The molecular formula is C13H10N6S. The minimum Gasteiger partial charge on any atom is -0.388 e. The van der Waals surface area contributed by atoms with Gasteiger partial charge in [0.1, 0.15) is 4.99 Å². The van der Waals surface area contributed by atoms with Crippen molar-refractivity contribution in [3.8, 4) is 17.2 Å². The molecule has 0 radical (unpaired) electrons. The van der Waals surface area contributed by atoms with Gasteiger partial charge < -0.3 is 5.73 Å². The molecule has 0 amide bonds. The van der Waals surface area contributed by atoms with Crippen LogP contribution in [0.1, 0.15) is 5.69 Å². The number of hydrogen-bond acceptors (Lipinski definition) is 5. The van der Waals surface area contributed by atoms with Crippen LogP contribution >= 0.6 is 12.2 Å². The van der Waals surface area contributed by atoms with E-state index in [9.17, 15) is 0 Å². The van der Waals surface area contributed by atoms with E-state index in [2.05, 4.69) is 20.4 Å². The van der Waals surface area contributed by atoms with Crippen LogP contribution in [0.2, 0.25) is 0 Å². The second-order valence-corrected chi connectivity index (χ2v) is 4.45. The monoisotopic (exact) mass is 282 g/mol. The number of tetrazole rings is 1. The van der Waals surface area contributed by atoms with Crippen molar-refractivity contribution in [2.45, 2.75) is 0 Å². The van der Waals surface area contributed by atoms with Crippen molar-refractivity contribution in [1.29, 1.82) is 0 Å². The summed E-state index contributed by atoms with van der Waals surface area (Å²) >= 11 is 4.90. The van der Waals surface area contributed by atoms with E-state index in [1.165, 1.54) is 4.80 Å². The van der Waals surface area contributed by atoms with E-state index in [-0.39, 0.29) is 4.99 Å². The van der Waals surface area contributed by atoms with Crippen LogP contribution in [0.5, 0.6) is 0 Å². The maximum Gasteiger partial charge on any atom is 0.205 e. The molecule has 0 fully saturated rings. The Kier molecular flexibility index (Phi) is 3.18. The molecule has 0 atom stereocenters. The van der Waals surface area contributed by atoms with Gasteiger partial charge in [0, 0.05) is 5.56 Å². The standard InChI is InChI=1S/C13H10N6S/c14-12(20)10-7-4-8-11(15-10)19-17-13(16-18-19)9-5-2-1-3-6-9/h1-8H,(H2,14,20). The first-order valence-corrected chi connectivity index (χ1v) is 6.27. The van der Waals surface area contributed by atoms with Gasteiger partial charge in [-0.05, 0) is 17.3 Å². The van der Waals surface area contributed by atoms with E-state index >= 15 is 0 Å². The Hall–Kier alpha value is -2.67. The number of thiocarbonyl (C=S) groups is 1. The molecule has 2 heterocycles. The van der Waals surface area contributed by atoms with Crippen LogP contribution in [0.15, 0.2) is 48.5 Å². The molecule has 0 saturated carbocycles. The second-order valence-electron chi connectivity index (χ2n) is 4.01. The molecule has 1 aromatic carbocycles. The molecule has 7 heteroatoms. The predicted octanol–water partition coefficient (Wildman–Crippen LogP) is 1.36. The Bertz CT molecular complexity index is 752.